The number of hydrogen-bond acceptors (Lipinski definition) is 2. The van der Waals surface area contributed by atoms with Crippen LogP contribution in [0.15, 0.2) is 54.1 Å². The van der Waals surface area contributed by atoms with Gasteiger partial charge in [0.2, 0.25) is 0 Å². The fourth-order valence-corrected chi connectivity index (χ4v) is 3.08. The molecular formula is C18H22N2. The minimum atomic E-state index is 0.275. The summed E-state index contributed by atoms with van der Waals surface area (Å²) >= 11 is 0. The van der Waals surface area contributed by atoms with Gasteiger partial charge in [-0.15, -0.1) is 0 Å². The van der Waals surface area contributed by atoms with E-state index >= 15 is 0 Å². The third-order valence-corrected chi connectivity index (χ3v) is 4.23. The molecule has 1 aliphatic rings. The van der Waals surface area contributed by atoms with E-state index in [1.807, 2.05) is 0 Å². The summed E-state index contributed by atoms with van der Waals surface area (Å²) in [5.41, 5.74) is 5.82. The van der Waals surface area contributed by atoms with Gasteiger partial charge in [-0.25, -0.2) is 0 Å². The molecule has 2 nitrogen and oxygen atoms in total. The average Bonchev–Trinajstić information content (AvgIpc) is 2.53. The maximum Gasteiger partial charge on any atom is 0.0460 e. The molecule has 20 heavy (non-hydrogen) atoms. The van der Waals surface area contributed by atoms with Gasteiger partial charge in [-0.3, -0.25) is 11.3 Å². The van der Waals surface area contributed by atoms with Crippen LogP contribution in [0.25, 0.3) is 10.8 Å². The second kappa shape index (κ2) is 6.21. The molecular weight excluding hydrogens is 244 g/mol. The third-order valence-electron chi connectivity index (χ3n) is 4.23. The molecule has 2 aromatic carbocycles. The minimum absolute atomic E-state index is 0.275. The molecule has 1 atom stereocenters. The highest BCUT2D eigenvalue weighted by Crippen LogP contribution is 2.23. The summed E-state index contributed by atoms with van der Waals surface area (Å²) in [6, 6.07) is 15.5. The lowest BCUT2D eigenvalue weighted by Gasteiger charge is -2.22. The Bertz CT molecular complexity index is 616. The molecule has 0 saturated heterocycles. The normalized spacial score (nSPS) is 16.9. The maximum atomic E-state index is 5.77. The first-order valence-corrected chi connectivity index (χ1v) is 7.49. The Morgan fingerprint density at radius 2 is 1.90 bits per heavy atom. The van der Waals surface area contributed by atoms with Crippen molar-refractivity contribution >= 4 is 10.8 Å². The van der Waals surface area contributed by atoms with Crippen molar-refractivity contribution in [3.8, 4) is 0 Å². The van der Waals surface area contributed by atoms with Gasteiger partial charge in [-0.2, -0.15) is 0 Å². The molecule has 0 spiro atoms. The van der Waals surface area contributed by atoms with Crippen LogP contribution in [-0.4, -0.2) is 6.04 Å². The minimum Gasteiger partial charge on any atom is -0.271 e. The van der Waals surface area contributed by atoms with E-state index in [9.17, 15) is 0 Å². The molecule has 0 amide bonds. The Morgan fingerprint density at radius 3 is 2.65 bits per heavy atom. The van der Waals surface area contributed by atoms with Gasteiger partial charge in [-0.1, -0.05) is 54.1 Å². The predicted octanol–water partition coefficient (Wildman–Crippen LogP) is 3.71. The van der Waals surface area contributed by atoms with Crippen LogP contribution in [0.1, 0.15) is 31.2 Å². The monoisotopic (exact) mass is 266 g/mol. The predicted molar refractivity (Wildman–Crippen MR) is 85.3 cm³/mol. The van der Waals surface area contributed by atoms with Gasteiger partial charge in [0.15, 0.2) is 0 Å². The maximum absolute atomic E-state index is 5.77. The van der Waals surface area contributed by atoms with Crippen LogP contribution in [0.2, 0.25) is 0 Å². The molecule has 3 N–H and O–H groups in total. The van der Waals surface area contributed by atoms with Gasteiger partial charge in [0, 0.05) is 6.04 Å². The van der Waals surface area contributed by atoms with E-state index in [0.29, 0.717) is 0 Å². The lowest BCUT2D eigenvalue weighted by molar-refractivity contribution is 0.543. The van der Waals surface area contributed by atoms with Gasteiger partial charge in [-0.05, 0) is 48.4 Å². The number of benzene rings is 2. The molecule has 0 aromatic heterocycles. The summed E-state index contributed by atoms with van der Waals surface area (Å²) in [6.07, 6.45) is 8.33. The molecule has 3 rings (SSSR count). The first-order chi connectivity index (χ1) is 9.86. The van der Waals surface area contributed by atoms with Crippen molar-refractivity contribution in [1.82, 2.24) is 5.43 Å². The molecule has 1 unspecified atom stereocenters. The van der Waals surface area contributed by atoms with E-state index in [1.165, 1.54) is 47.6 Å². The number of allylic oxidation sites excluding steroid dienone is 1. The SMILES string of the molecule is NNC(Cc1ccc2ccccc2c1)C1=CCCCC1. The van der Waals surface area contributed by atoms with Gasteiger partial charge < -0.3 is 0 Å². The summed E-state index contributed by atoms with van der Waals surface area (Å²) < 4.78 is 0. The van der Waals surface area contributed by atoms with Crippen LogP contribution < -0.4 is 11.3 Å². The second-order valence-corrected chi connectivity index (χ2v) is 5.63. The number of fused-ring (bicyclic) bond motifs is 1. The van der Waals surface area contributed by atoms with Crippen molar-refractivity contribution in [2.45, 2.75) is 38.1 Å². The average molecular weight is 266 g/mol. The van der Waals surface area contributed by atoms with Gasteiger partial charge in [0.25, 0.3) is 0 Å². The summed E-state index contributed by atoms with van der Waals surface area (Å²) in [5.74, 6) is 5.77. The molecule has 0 aliphatic heterocycles. The summed E-state index contributed by atoms with van der Waals surface area (Å²) in [5, 5.41) is 2.60. The Labute approximate surface area is 120 Å². The zero-order chi connectivity index (χ0) is 13.8. The number of rotatable bonds is 4. The van der Waals surface area contributed by atoms with Crippen LogP contribution in [0.5, 0.6) is 0 Å². The van der Waals surface area contributed by atoms with Crippen molar-refractivity contribution in [2.75, 3.05) is 0 Å². The first kappa shape index (κ1) is 13.3. The highest BCUT2D eigenvalue weighted by molar-refractivity contribution is 5.83. The zero-order valence-electron chi connectivity index (χ0n) is 11.8. The third kappa shape index (κ3) is 2.92. The molecule has 2 heteroatoms. The van der Waals surface area contributed by atoms with Crippen molar-refractivity contribution < 1.29 is 0 Å². The van der Waals surface area contributed by atoms with Gasteiger partial charge in [0.1, 0.15) is 0 Å². The number of hydrogen-bond donors (Lipinski definition) is 2. The van der Waals surface area contributed by atoms with Crippen LogP contribution in [0.3, 0.4) is 0 Å². The van der Waals surface area contributed by atoms with Crippen molar-refractivity contribution in [1.29, 1.82) is 0 Å². The standard InChI is InChI=1S/C18H22N2/c19-20-18(16-7-2-1-3-8-16)13-14-10-11-15-6-4-5-9-17(15)12-14/h4-7,9-12,18,20H,1-3,8,13,19H2. The summed E-state index contributed by atoms with van der Waals surface area (Å²) in [4.78, 5) is 0. The molecule has 0 bridgehead atoms. The topological polar surface area (TPSA) is 38.0 Å². The van der Waals surface area contributed by atoms with E-state index in [-0.39, 0.29) is 6.04 Å². The van der Waals surface area contributed by atoms with Crippen LogP contribution in [0, 0.1) is 0 Å². The molecule has 0 fully saturated rings. The number of nitrogens with two attached hydrogens (primary N) is 1. The molecule has 0 saturated carbocycles. The van der Waals surface area contributed by atoms with E-state index in [1.54, 1.807) is 0 Å². The van der Waals surface area contributed by atoms with E-state index in [2.05, 4.69) is 54.0 Å². The highest BCUT2D eigenvalue weighted by Gasteiger charge is 2.15. The Kier molecular flexibility index (Phi) is 4.14. The van der Waals surface area contributed by atoms with Crippen LogP contribution in [0.4, 0.5) is 0 Å². The molecule has 2 aromatic rings. The molecule has 104 valence electrons. The smallest absolute Gasteiger partial charge is 0.0460 e. The quantitative estimate of drug-likeness (QED) is 0.503. The fraction of sp³-hybridized carbons (Fsp3) is 0.333. The number of hydrazine groups is 1. The first-order valence-electron chi connectivity index (χ1n) is 7.49. The van der Waals surface area contributed by atoms with Crippen molar-refractivity contribution in [3.05, 3.63) is 59.7 Å². The highest BCUT2D eigenvalue weighted by atomic mass is 15.2. The Hall–Kier alpha value is -1.64. The van der Waals surface area contributed by atoms with E-state index in [0.717, 1.165) is 6.42 Å². The van der Waals surface area contributed by atoms with Gasteiger partial charge in [0.05, 0.1) is 0 Å². The second-order valence-electron chi connectivity index (χ2n) is 5.63. The van der Waals surface area contributed by atoms with Crippen molar-refractivity contribution in [2.24, 2.45) is 5.84 Å². The summed E-state index contributed by atoms with van der Waals surface area (Å²) in [7, 11) is 0. The zero-order valence-corrected chi connectivity index (χ0v) is 11.8. The van der Waals surface area contributed by atoms with Crippen LogP contribution >= 0.6 is 0 Å². The van der Waals surface area contributed by atoms with Crippen LogP contribution in [-0.2, 0) is 6.42 Å². The molecule has 0 radical (unpaired) electrons. The lowest BCUT2D eigenvalue weighted by Crippen LogP contribution is -2.38. The Balaban J connectivity index is 1.81. The van der Waals surface area contributed by atoms with Gasteiger partial charge >= 0.3 is 0 Å². The number of nitrogens with one attached hydrogen (secondary N) is 1. The van der Waals surface area contributed by atoms with E-state index < -0.39 is 0 Å². The fourth-order valence-electron chi connectivity index (χ4n) is 3.08. The largest absolute Gasteiger partial charge is 0.271 e. The molecule has 1 aliphatic carbocycles. The molecule has 0 heterocycles. The summed E-state index contributed by atoms with van der Waals surface area (Å²) in [6.45, 7) is 0. The Morgan fingerprint density at radius 1 is 1.05 bits per heavy atom. The van der Waals surface area contributed by atoms with E-state index in [4.69, 9.17) is 5.84 Å². The lowest BCUT2D eigenvalue weighted by atomic mass is 9.90. The van der Waals surface area contributed by atoms with Crippen molar-refractivity contribution in [3.63, 3.8) is 0 Å².